The molecule has 0 radical (unpaired) electrons. The van der Waals surface area contributed by atoms with E-state index in [1.165, 1.54) is 0 Å². The van der Waals surface area contributed by atoms with E-state index in [0.717, 1.165) is 27.9 Å². The third-order valence-corrected chi connectivity index (χ3v) is 4.43. The van der Waals surface area contributed by atoms with Crippen LogP contribution in [0, 0.1) is 6.92 Å². The van der Waals surface area contributed by atoms with Crippen molar-refractivity contribution in [2.45, 2.75) is 6.92 Å². The molecule has 1 N–H and O–H groups in total. The number of aromatic nitrogens is 4. The van der Waals surface area contributed by atoms with E-state index in [2.05, 4.69) is 20.3 Å². The molecular weight excluding hydrogens is 330 g/mol. The van der Waals surface area contributed by atoms with Crippen molar-refractivity contribution in [1.82, 2.24) is 19.4 Å². The second-order valence-corrected chi connectivity index (χ2v) is 6.30. The SMILES string of the molecule is Cc1nc2ncccn2c1-c1csc(Nc2ccc(Cl)cc2)n1. The molecule has 3 aromatic heterocycles. The Morgan fingerprint density at radius 3 is 2.83 bits per heavy atom. The Hall–Kier alpha value is -2.44. The van der Waals surface area contributed by atoms with Crippen molar-refractivity contribution < 1.29 is 0 Å². The van der Waals surface area contributed by atoms with Crippen molar-refractivity contribution in [3.63, 3.8) is 0 Å². The first-order valence-electron chi connectivity index (χ1n) is 6.99. The maximum Gasteiger partial charge on any atom is 0.234 e. The highest BCUT2D eigenvalue weighted by molar-refractivity contribution is 7.14. The van der Waals surface area contributed by atoms with Gasteiger partial charge in [-0.25, -0.2) is 15.0 Å². The molecule has 0 aliphatic carbocycles. The van der Waals surface area contributed by atoms with Gasteiger partial charge in [-0.2, -0.15) is 0 Å². The van der Waals surface area contributed by atoms with Gasteiger partial charge < -0.3 is 5.32 Å². The molecule has 0 atom stereocenters. The van der Waals surface area contributed by atoms with E-state index in [1.807, 2.05) is 53.2 Å². The maximum atomic E-state index is 5.90. The number of anilines is 2. The lowest BCUT2D eigenvalue weighted by Gasteiger charge is -2.02. The second-order valence-electron chi connectivity index (χ2n) is 5.01. The Bertz CT molecular complexity index is 974. The van der Waals surface area contributed by atoms with Crippen LogP contribution in [-0.4, -0.2) is 19.4 Å². The summed E-state index contributed by atoms with van der Waals surface area (Å²) in [4.78, 5) is 13.4. The normalized spacial score (nSPS) is 11.0. The molecule has 0 fully saturated rings. The van der Waals surface area contributed by atoms with Crippen LogP contribution in [0.1, 0.15) is 5.69 Å². The van der Waals surface area contributed by atoms with Gasteiger partial charge in [0.05, 0.1) is 11.4 Å². The monoisotopic (exact) mass is 341 g/mol. The molecule has 7 heteroatoms. The van der Waals surface area contributed by atoms with Crippen LogP contribution in [-0.2, 0) is 0 Å². The number of rotatable bonds is 3. The Balaban J connectivity index is 1.69. The molecule has 0 bridgehead atoms. The summed E-state index contributed by atoms with van der Waals surface area (Å²) in [5.74, 6) is 0.681. The molecule has 23 heavy (non-hydrogen) atoms. The lowest BCUT2D eigenvalue weighted by molar-refractivity contribution is 1.11. The molecule has 0 aliphatic rings. The number of imidazole rings is 1. The minimum atomic E-state index is 0.681. The summed E-state index contributed by atoms with van der Waals surface area (Å²) in [6, 6.07) is 9.42. The largest absolute Gasteiger partial charge is 0.332 e. The van der Waals surface area contributed by atoms with Crippen LogP contribution in [0.5, 0.6) is 0 Å². The van der Waals surface area contributed by atoms with Gasteiger partial charge in [-0.05, 0) is 37.3 Å². The summed E-state index contributed by atoms with van der Waals surface area (Å²) in [5, 5.41) is 6.83. The quantitative estimate of drug-likeness (QED) is 0.593. The van der Waals surface area contributed by atoms with Crippen molar-refractivity contribution in [3.8, 4) is 11.4 Å². The van der Waals surface area contributed by atoms with E-state index in [4.69, 9.17) is 11.6 Å². The number of benzene rings is 1. The van der Waals surface area contributed by atoms with E-state index >= 15 is 0 Å². The number of aryl methyl sites for hydroxylation is 1. The van der Waals surface area contributed by atoms with Gasteiger partial charge in [0.2, 0.25) is 5.78 Å². The summed E-state index contributed by atoms with van der Waals surface area (Å²) in [6.07, 6.45) is 3.68. The fourth-order valence-electron chi connectivity index (χ4n) is 2.40. The van der Waals surface area contributed by atoms with Gasteiger partial charge in [-0.3, -0.25) is 4.40 Å². The molecule has 0 amide bonds. The third-order valence-electron chi connectivity index (χ3n) is 3.42. The molecule has 0 unspecified atom stereocenters. The molecule has 1 aromatic carbocycles. The molecule has 4 rings (SSSR count). The molecule has 3 heterocycles. The lowest BCUT2D eigenvalue weighted by atomic mass is 10.3. The number of hydrogen-bond donors (Lipinski definition) is 1. The summed E-state index contributed by atoms with van der Waals surface area (Å²) in [7, 11) is 0. The lowest BCUT2D eigenvalue weighted by Crippen LogP contribution is -1.92. The van der Waals surface area contributed by atoms with Crippen molar-refractivity contribution in [2.24, 2.45) is 0 Å². The van der Waals surface area contributed by atoms with Crippen LogP contribution in [0.2, 0.25) is 5.02 Å². The first-order valence-corrected chi connectivity index (χ1v) is 8.24. The second kappa shape index (κ2) is 5.64. The van der Waals surface area contributed by atoms with Gasteiger partial charge >= 0.3 is 0 Å². The molecular formula is C16H12ClN5S. The van der Waals surface area contributed by atoms with Crippen molar-refractivity contribution in [2.75, 3.05) is 5.32 Å². The van der Waals surface area contributed by atoms with E-state index in [0.29, 0.717) is 10.8 Å². The van der Waals surface area contributed by atoms with Crippen molar-refractivity contribution in [3.05, 3.63) is 58.8 Å². The highest BCUT2D eigenvalue weighted by atomic mass is 35.5. The predicted octanol–water partition coefficient (Wildman–Crippen LogP) is 4.56. The molecule has 4 aromatic rings. The zero-order chi connectivity index (χ0) is 15.8. The zero-order valence-electron chi connectivity index (χ0n) is 12.2. The van der Waals surface area contributed by atoms with Gasteiger partial charge in [-0.15, -0.1) is 11.3 Å². The minimum absolute atomic E-state index is 0.681. The maximum absolute atomic E-state index is 5.90. The molecule has 114 valence electrons. The Kier molecular flexibility index (Phi) is 3.48. The highest BCUT2D eigenvalue weighted by Gasteiger charge is 2.14. The first-order chi connectivity index (χ1) is 11.2. The van der Waals surface area contributed by atoms with Crippen LogP contribution in [0.15, 0.2) is 48.1 Å². The standard InChI is InChI=1S/C16H12ClN5S/c1-10-14(22-8-2-7-18-15(22)19-10)13-9-23-16(21-13)20-12-5-3-11(17)4-6-12/h2-9H,1H3,(H,20,21). The van der Waals surface area contributed by atoms with Crippen molar-refractivity contribution >= 4 is 39.5 Å². The van der Waals surface area contributed by atoms with Gasteiger partial charge in [0.1, 0.15) is 5.69 Å². The van der Waals surface area contributed by atoms with Crippen LogP contribution in [0.25, 0.3) is 17.2 Å². The average molecular weight is 342 g/mol. The zero-order valence-corrected chi connectivity index (χ0v) is 13.8. The van der Waals surface area contributed by atoms with Crippen LogP contribution >= 0.6 is 22.9 Å². The van der Waals surface area contributed by atoms with Crippen LogP contribution in [0.3, 0.4) is 0 Å². The fraction of sp³-hybridized carbons (Fsp3) is 0.0625. The van der Waals surface area contributed by atoms with Gasteiger partial charge in [0.15, 0.2) is 5.13 Å². The number of thiazole rings is 1. The van der Waals surface area contributed by atoms with Crippen LogP contribution in [0.4, 0.5) is 10.8 Å². The van der Waals surface area contributed by atoms with Gasteiger partial charge in [0, 0.05) is 28.5 Å². The molecule has 0 saturated carbocycles. The Morgan fingerprint density at radius 2 is 2.00 bits per heavy atom. The number of fused-ring (bicyclic) bond motifs is 1. The summed E-state index contributed by atoms with van der Waals surface area (Å²) < 4.78 is 1.95. The predicted molar refractivity (Wildman–Crippen MR) is 93.6 cm³/mol. The van der Waals surface area contributed by atoms with E-state index < -0.39 is 0 Å². The summed E-state index contributed by atoms with van der Waals surface area (Å²) in [6.45, 7) is 1.97. The van der Waals surface area contributed by atoms with Crippen LogP contribution < -0.4 is 5.32 Å². The summed E-state index contributed by atoms with van der Waals surface area (Å²) in [5.41, 5.74) is 3.71. The summed E-state index contributed by atoms with van der Waals surface area (Å²) >= 11 is 7.45. The van der Waals surface area contributed by atoms with E-state index in [-0.39, 0.29) is 0 Å². The molecule has 0 saturated heterocycles. The number of nitrogens with zero attached hydrogens (tertiary/aromatic N) is 4. The molecule has 0 spiro atoms. The molecule has 0 aliphatic heterocycles. The van der Waals surface area contributed by atoms with Crippen molar-refractivity contribution in [1.29, 1.82) is 0 Å². The average Bonchev–Trinajstić information content (AvgIpc) is 3.12. The third kappa shape index (κ3) is 2.67. The fourth-order valence-corrected chi connectivity index (χ4v) is 3.24. The topological polar surface area (TPSA) is 55.1 Å². The first kappa shape index (κ1) is 14.2. The van der Waals surface area contributed by atoms with Gasteiger partial charge in [-0.1, -0.05) is 11.6 Å². The van der Waals surface area contributed by atoms with Gasteiger partial charge in [0.25, 0.3) is 0 Å². The Morgan fingerprint density at radius 1 is 1.17 bits per heavy atom. The molecule has 5 nitrogen and oxygen atoms in total. The van der Waals surface area contributed by atoms with E-state index in [9.17, 15) is 0 Å². The number of nitrogens with one attached hydrogen (secondary N) is 1. The smallest absolute Gasteiger partial charge is 0.234 e. The number of halogens is 1. The highest BCUT2D eigenvalue weighted by Crippen LogP contribution is 2.29. The van der Waals surface area contributed by atoms with E-state index in [1.54, 1.807) is 17.5 Å². The number of hydrogen-bond acceptors (Lipinski definition) is 5. The Labute approximate surface area is 141 Å². The minimum Gasteiger partial charge on any atom is -0.332 e.